The van der Waals surface area contributed by atoms with Gasteiger partial charge >= 0.3 is 0 Å². The molecule has 2 heterocycles. The zero-order valence-electron chi connectivity index (χ0n) is 25.6. The molecule has 8 N–H and O–H groups in total. The molecular weight excluding hydrogens is 584 g/mol. The molecule has 42 heavy (non-hydrogen) atoms. The molecule has 246 valence electrons. The van der Waals surface area contributed by atoms with Crippen LogP contribution < -0.4 is 22.1 Å². The van der Waals surface area contributed by atoms with Gasteiger partial charge in [-0.2, -0.15) is 0 Å². The average molecular weight is 639 g/mol. The van der Waals surface area contributed by atoms with E-state index in [0.29, 0.717) is 13.2 Å². The number of amides is 2. The van der Waals surface area contributed by atoms with Crippen LogP contribution >= 0.6 is 21.6 Å². The topological polar surface area (TPSA) is 188 Å². The molecule has 2 aliphatic heterocycles. The van der Waals surface area contributed by atoms with E-state index in [9.17, 15) is 19.8 Å². The summed E-state index contributed by atoms with van der Waals surface area (Å²) in [5, 5.41) is 26.2. The maximum atomic E-state index is 11.5. The normalized spacial score (nSPS) is 33.3. The fourth-order valence-electron chi connectivity index (χ4n) is 4.94. The number of aliphatic hydroxyl groups is 2. The van der Waals surface area contributed by atoms with Crippen LogP contribution in [0.2, 0.25) is 0 Å². The molecule has 2 saturated heterocycles. The maximum Gasteiger partial charge on any atom is 0.217 e. The molecule has 0 spiro atoms. The summed E-state index contributed by atoms with van der Waals surface area (Å²) >= 11 is 0. The van der Waals surface area contributed by atoms with E-state index in [1.54, 1.807) is 13.8 Å². The average Bonchev–Trinajstić information content (AvgIpc) is 2.93. The van der Waals surface area contributed by atoms with Gasteiger partial charge in [0.25, 0.3) is 0 Å². The molecule has 0 unspecified atom stereocenters. The highest BCUT2D eigenvalue weighted by atomic mass is 33.1. The van der Waals surface area contributed by atoms with Crippen molar-refractivity contribution in [3.63, 3.8) is 0 Å². The Morgan fingerprint density at radius 3 is 1.40 bits per heavy atom. The summed E-state index contributed by atoms with van der Waals surface area (Å²) in [7, 11) is 3.83. The number of nitrogens with two attached hydrogens (primary N) is 2. The molecule has 0 aliphatic carbocycles. The summed E-state index contributed by atoms with van der Waals surface area (Å²) in [5.41, 5.74) is 11.9. The second-order valence-electron chi connectivity index (χ2n) is 11.2. The number of ether oxygens (including phenoxy) is 4. The Morgan fingerprint density at radius 1 is 0.690 bits per heavy atom. The molecule has 12 nitrogen and oxygen atoms in total. The molecule has 2 aliphatic rings. The zero-order valence-corrected chi connectivity index (χ0v) is 27.2. The lowest BCUT2D eigenvalue weighted by Crippen LogP contribution is -2.65. The van der Waals surface area contributed by atoms with Crippen molar-refractivity contribution in [2.45, 2.75) is 140 Å². The molecule has 10 atom stereocenters. The first-order chi connectivity index (χ1) is 20.0. The van der Waals surface area contributed by atoms with Gasteiger partial charge in [-0.05, 0) is 39.5 Å². The SMILES string of the molecule is CC(=O)N[C@H]1[C@@H](OCCCCCCSSCCCCCCO[C@H]2O[C@H](C)[C@H](N)[C@H](O)[C@H]2NC(C)=O)O[C@H](C)[C@H](N)[C@@H]1O. The Labute approximate surface area is 258 Å². The van der Waals surface area contributed by atoms with Crippen LogP contribution in [0.3, 0.4) is 0 Å². The van der Waals surface area contributed by atoms with E-state index in [0.717, 1.165) is 62.9 Å². The van der Waals surface area contributed by atoms with Crippen LogP contribution in [-0.2, 0) is 28.5 Å². The number of carbonyl (C=O) groups excluding carboxylic acids is 2. The van der Waals surface area contributed by atoms with E-state index in [4.69, 9.17) is 30.4 Å². The van der Waals surface area contributed by atoms with Gasteiger partial charge in [0.1, 0.15) is 12.1 Å². The second-order valence-corrected chi connectivity index (χ2v) is 13.9. The van der Waals surface area contributed by atoms with Crippen molar-refractivity contribution in [2.24, 2.45) is 11.5 Å². The Kier molecular flexibility index (Phi) is 18.2. The number of hydrogen-bond donors (Lipinski definition) is 6. The van der Waals surface area contributed by atoms with Crippen LogP contribution in [0, 0.1) is 0 Å². The number of nitrogens with one attached hydrogen (secondary N) is 2. The molecule has 2 amide bonds. The molecular formula is C28H54N4O8S2. The minimum Gasteiger partial charge on any atom is -0.389 e. The number of carbonyl (C=O) groups is 2. The van der Waals surface area contributed by atoms with Gasteiger partial charge in [-0.15, -0.1) is 0 Å². The second kappa shape index (κ2) is 20.4. The van der Waals surface area contributed by atoms with E-state index in [2.05, 4.69) is 10.6 Å². The van der Waals surface area contributed by atoms with Gasteiger partial charge in [0.15, 0.2) is 12.6 Å². The predicted molar refractivity (Wildman–Crippen MR) is 166 cm³/mol. The van der Waals surface area contributed by atoms with Crippen LogP contribution in [0.4, 0.5) is 0 Å². The highest BCUT2D eigenvalue weighted by Crippen LogP contribution is 2.25. The highest BCUT2D eigenvalue weighted by molar-refractivity contribution is 8.76. The molecule has 2 rings (SSSR count). The summed E-state index contributed by atoms with van der Waals surface area (Å²) in [4.78, 5) is 23.0. The largest absolute Gasteiger partial charge is 0.389 e. The Hall–Kier alpha value is -0.680. The van der Waals surface area contributed by atoms with Crippen molar-refractivity contribution in [1.82, 2.24) is 10.6 Å². The Morgan fingerprint density at radius 2 is 1.05 bits per heavy atom. The van der Waals surface area contributed by atoms with Gasteiger partial charge in [0, 0.05) is 38.6 Å². The number of hydrogen-bond acceptors (Lipinski definition) is 12. The third-order valence-corrected chi connectivity index (χ3v) is 10.1. The first-order valence-corrected chi connectivity index (χ1v) is 17.7. The minimum absolute atomic E-state index is 0.259. The van der Waals surface area contributed by atoms with E-state index in [-0.39, 0.29) is 24.0 Å². The minimum atomic E-state index is -0.919. The summed E-state index contributed by atoms with van der Waals surface area (Å²) in [6.45, 7) is 7.38. The van der Waals surface area contributed by atoms with Gasteiger partial charge in [0.05, 0.1) is 36.5 Å². The summed E-state index contributed by atoms with van der Waals surface area (Å²) in [5.74, 6) is 1.71. The standard InChI is InChI=1S/C28H54N4O8S2/c1-17-21(29)25(35)23(31-19(3)33)27(39-17)37-13-9-5-7-11-15-41-42-16-12-8-6-10-14-38-28-24(32-20(4)34)26(36)22(30)18(2)40-28/h17-18,21-28,35-36H,5-16,29-30H2,1-4H3,(H,31,33)(H,32,34)/t17-,18-,21+,22+,23-,24-,25+,26+,27+,28+/m1/s1. The van der Waals surface area contributed by atoms with Crippen LogP contribution in [0.25, 0.3) is 0 Å². The maximum absolute atomic E-state index is 11.5. The number of unbranched alkanes of at least 4 members (excludes halogenated alkanes) is 6. The third kappa shape index (κ3) is 13.1. The third-order valence-electron chi connectivity index (χ3n) is 7.52. The number of rotatable bonds is 19. The van der Waals surface area contributed by atoms with Gasteiger partial charge in [-0.1, -0.05) is 47.3 Å². The lowest BCUT2D eigenvalue weighted by Gasteiger charge is -2.42. The van der Waals surface area contributed by atoms with Crippen LogP contribution in [0.1, 0.15) is 79.1 Å². The smallest absolute Gasteiger partial charge is 0.217 e. The lowest BCUT2D eigenvalue weighted by molar-refractivity contribution is -0.233. The monoisotopic (exact) mass is 638 g/mol. The first-order valence-electron chi connectivity index (χ1n) is 15.2. The molecule has 2 fully saturated rings. The van der Waals surface area contributed by atoms with Crippen molar-refractivity contribution >= 4 is 33.4 Å². The van der Waals surface area contributed by atoms with E-state index >= 15 is 0 Å². The fourth-order valence-corrected chi connectivity index (χ4v) is 7.24. The van der Waals surface area contributed by atoms with E-state index in [1.807, 2.05) is 21.6 Å². The van der Waals surface area contributed by atoms with Crippen molar-refractivity contribution in [3.05, 3.63) is 0 Å². The molecule has 0 saturated carbocycles. The zero-order chi connectivity index (χ0) is 31.1. The van der Waals surface area contributed by atoms with Crippen LogP contribution in [0.5, 0.6) is 0 Å². The summed E-state index contributed by atoms with van der Waals surface area (Å²) in [6, 6.07) is -2.50. The van der Waals surface area contributed by atoms with Crippen molar-refractivity contribution in [3.8, 4) is 0 Å². The Balaban J connectivity index is 1.43. The van der Waals surface area contributed by atoms with E-state index < -0.39 is 49.0 Å². The molecule has 0 radical (unpaired) electrons. The van der Waals surface area contributed by atoms with E-state index in [1.165, 1.54) is 13.8 Å². The van der Waals surface area contributed by atoms with Crippen molar-refractivity contribution in [1.29, 1.82) is 0 Å². The van der Waals surface area contributed by atoms with Gasteiger partial charge < -0.3 is 51.3 Å². The predicted octanol–water partition coefficient (Wildman–Crippen LogP) is 1.40. The molecule has 14 heteroatoms. The molecule has 0 bridgehead atoms. The fraction of sp³-hybridized carbons (Fsp3) is 0.929. The van der Waals surface area contributed by atoms with Crippen LogP contribution in [-0.4, -0.2) is 108 Å². The highest BCUT2D eigenvalue weighted by Gasteiger charge is 2.43. The first kappa shape index (κ1) is 37.5. The Bertz CT molecular complexity index is 726. The van der Waals surface area contributed by atoms with Gasteiger partial charge in [0.2, 0.25) is 11.8 Å². The summed E-state index contributed by atoms with van der Waals surface area (Å²) in [6.07, 6.45) is 4.45. The molecule has 0 aromatic rings. The molecule has 0 aromatic heterocycles. The van der Waals surface area contributed by atoms with Crippen LogP contribution in [0.15, 0.2) is 0 Å². The quantitative estimate of drug-likeness (QED) is 0.0883. The van der Waals surface area contributed by atoms with Gasteiger partial charge in [-0.3, -0.25) is 9.59 Å². The lowest BCUT2D eigenvalue weighted by atomic mass is 9.96. The number of aliphatic hydroxyl groups excluding tert-OH is 2. The molecule has 0 aromatic carbocycles. The summed E-state index contributed by atoms with van der Waals surface area (Å²) < 4.78 is 23.3. The van der Waals surface area contributed by atoms with Gasteiger partial charge in [-0.25, -0.2) is 0 Å². The van der Waals surface area contributed by atoms with Crippen molar-refractivity contribution < 1.29 is 38.7 Å². The van der Waals surface area contributed by atoms with Crippen molar-refractivity contribution in [2.75, 3.05) is 24.7 Å².